The molecule has 0 aromatic heterocycles. The molecule has 0 aromatic rings. The zero-order chi connectivity index (χ0) is 10.1. The van der Waals surface area contributed by atoms with Crippen molar-refractivity contribution in [2.45, 2.75) is 46.5 Å². The molecule has 0 bridgehead atoms. The monoisotopic (exact) mass is 180 g/mol. The number of hydrogen-bond acceptors (Lipinski definition) is 1. The van der Waals surface area contributed by atoms with Crippen molar-refractivity contribution in [2.24, 2.45) is 0 Å². The van der Waals surface area contributed by atoms with Crippen molar-refractivity contribution in [3.8, 4) is 0 Å². The minimum Gasteiger partial charge on any atom is -0.298 e. The maximum atomic E-state index is 10.4. The molecule has 0 saturated carbocycles. The summed E-state index contributed by atoms with van der Waals surface area (Å²) in [7, 11) is 0. The molecule has 0 aliphatic rings. The minimum atomic E-state index is 0.894. The van der Waals surface area contributed by atoms with E-state index < -0.39 is 0 Å². The number of rotatable bonds is 6. The van der Waals surface area contributed by atoms with E-state index in [-0.39, 0.29) is 0 Å². The van der Waals surface area contributed by atoms with E-state index in [1.165, 1.54) is 18.4 Å². The van der Waals surface area contributed by atoms with Crippen molar-refractivity contribution in [1.29, 1.82) is 0 Å². The molecule has 0 atom stereocenters. The minimum absolute atomic E-state index is 0.894. The summed E-state index contributed by atoms with van der Waals surface area (Å²) in [6.45, 7) is 5.97. The van der Waals surface area contributed by atoms with Gasteiger partial charge in [0.1, 0.15) is 6.29 Å². The summed E-state index contributed by atoms with van der Waals surface area (Å²) in [5.41, 5.74) is 2.13. The van der Waals surface area contributed by atoms with Gasteiger partial charge in [0, 0.05) is 0 Å². The smallest absolute Gasteiger partial charge is 0.145 e. The summed E-state index contributed by atoms with van der Waals surface area (Å²) in [4.78, 5) is 10.4. The van der Waals surface area contributed by atoms with E-state index in [4.69, 9.17) is 0 Å². The summed E-state index contributed by atoms with van der Waals surface area (Å²) < 4.78 is 0. The number of aldehydes is 1. The van der Waals surface area contributed by atoms with Crippen LogP contribution >= 0.6 is 0 Å². The second-order valence-corrected chi connectivity index (χ2v) is 3.40. The fourth-order valence-corrected chi connectivity index (χ4v) is 1.12. The quantitative estimate of drug-likeness (QED) is 0.264. The molecule has 0 amide bonds. The van der Waals surface area contributed by atoms with Gasteiger partial charge in [0.05, 0.1) is 0 Å². The Morgan fingerprint density at radius 1 is 1.23 bits per heavy atom. The largest absolute Gasteiger partial charge is 0.298 e. The lowest BCUT2D eigenvalue weighted by molar-refractivity contribution is -0.104. The van der Waals surface area contributed by atoms with Crippen LogP contribution in [0.5, 0.6) is 0 Å². The molecule has 13 heavy (non-hydrogen) atoms. The lowest BCUT2D eigenvalue weighted by Crippen LogP contribution is -1.86. The van der Waals surface area contributed by atoms with Crippen LogP contribution in [0.1, 0.15) is 46.5 Å². The van der Waals surface area contributed by atoms with Gasteiger partial charge in [-0.2, -0.15) is 0 Å². The van der Waals surface area contributed by atoms with E-state index in [0.29, 0.717) is 0 Å². The Morgan fingerprint density at radius 3 is 2.46 bits per heavy atom. The third-order valence-corrected chi connectivity index (χ3v) is 2.26. The van der Waals surface area contributed by atoms with Crippen LogP contribution < -0.4 is 0 Å². The van der Waals surface area contributed by atoms with E-state index in [0.717, 1.165) is 24.7 Å². The summed E-state index contributed by atoms with van der Waals surface area (Å²) in [6, 6.07) is 0. The lowest BCUT2D eigenvalue weighted by Gasteiger charge is -2.01. The molecule has 0 aliphatic heterocycles. The van der Waals surface area contributed by atoms with Crippen molar-refractivity contribution in [1.82, 2.24) is 0 Å². The Labute approximate surface area is 81.5 Å². The molecule has 0 aliphatic carbocycles. The van der Waals surface area contributed by atoms with Gasteiger partial charge in [0.25, 0.3) is 0 Å². The Hall–Kier alpha value is -0.850. The highest BCUT2D eigenvalue weighted by atomic mass is 16.1. The molecule has 0 rings (SSSR count). The van der Waals surface area contributed by atoms with E-state index in [9.17, 15) is 4.79 Å². The van der Waals surface area contributed by atoms with Crippen LogP contribution in [0.3, 0.4) is 0 Å². The number of carbonyl (C=O) groups is 1. The summed E-state index contributed by atoms with van der Waals surface area (Å²) >= 11 is 0. The van der Waals surface area contributed by atoms with Gasteiger partial charge in [-0.1, -0.05) is 17.7 Å². The average molecular weight is 180 g/mol. The molecule has 0 aromatic carbocycles. The standard InChI is InChI=1S/C12H20O/c1-4-5-6-7-8-9-11(2)12(3)10-13/h4-5,10H,6-9H2,1-3H3. The fraction of sp³-hybridized carbons (Fsp3) is 0.583. The predicted octanol–water partition coefficient (Wildman–Crippen LogP) is 3.66. The highest BCUT2D eigenvalue weighted by Crippen LogP contribution is 2.11. The third kappa shape index (κ3) is 6.32. The predicted molar refractivity (Wildman–Crippen MR) is 57.7 cm³/mol. The second-order valence-electron chi connectivity index (χ2n) is 3.40. The van der Waals surface area contributed by atoms with Crippen LogP contribution in [0.15, 0.2) is 23.3 Å². The second kappa shape index (κ2) is 7.78. The van der Waals surface area contributed by atoms with E-state index in [1.807, 2.05) is 20.8 Å². The first kappa shape index (κ1) is 12.2. The van der Waals surface area contributed by atoms with Gasteiger partial charge in [-0.05, 0) is 52.0 Å². The number of hydrogen-bond donors (Lipinski definition) is 0. The zero-order valence-corrected chi connectivity index (χ0v) is 8.97. The molecule has 1 heteroatoms. The summed E-state index contributed by atoms with van der Waals surface area (Å²) in [6.07, 6.45) is 9.83. The summed E-state index contributed by atoms with van der Waals surface area (Å²) in [5.74, 6) is 0. The highest BCUT2D eigenvalue weighted by molar-refractivity contribution is 5.73. The third-order valence-electron chi connectivity index (χ3n) is 2.26. The molecule has 0 radical (unpaired) electrons. The Morgan fingerprint density at radius 2 is 1.92 bits per heavy atom. The first-order valence-corrected chi connectivity index (χ1v) is 4.95. The molecule has 0 spiro atoms. The van der Waals surface area contributed by atoms with Gasteiger partial charge in [0.2, 0.25) is 0 Å². The normalized spacial score (nSPS) is 13.2. The first-order chi connectivity index (χ1) is 6.22. The maximum absolute atomic E-state index is 10.4. The molecule has 0 fully saturated rings. The Bertz CT molecular complexity index is 199. The van der Waals surface area contributed by atoms with Crippen molar-refractivity contribution in [3.05, 3.63) is 23.3 Å². The van der Waals surface area contributed by atoms with Crippen molar-refractivity contribution >= 4 is 6.29 Å². The molecule has 1 nitrogen and oxygen atoms in total. The van der Waals surface area contributed by atoms with Crippen LogP contribution in [0.25, 0.3) is 0 Å². The summed E-state index contributed by atoms with van der Waals surface area (Å²) in [5, 5.41) is 0. The van der Waals surface area contributed by atoms with E-state index in [2.05, 4.69) is 12.2 Å². The van der Waals surface area contributed by atoms with Gasteiger partial charge >= 0.3 is 0 Å². The van der Waals surface area contributed by atoms with Crippen LogP contribution in [0.4, 0.5) is 0 Å². The number of carbonyl (C=O) groups excluding carboxylic acids is 1. The van der Waals surface area contributed by atoms with Crippen LogP contribution in [-0.2, 0) is 4.79 Å². The molecular weight excluding hydrogens is 160 g/mol. The molecule has 0 saturated heterocycles. The van der Waals surface area contributed by atoms with Gasteiger partial charge < -0.3 is 0 Å². The van der Waals surface area contributed by atoms with E-state index >= 15 is 0 Å². The van der Waals surface area contributed by atoms with Gasteiger partial charge in [-0.3, -0.25) is 4.79 Å². The number of allylic oxidation sites excluding steroid dienone is 4. The van der Waals surface area contributed by atoms with Gasteiger partial charge in [-0.25, -0.2) is 0 Å². The highest BCUT2D eigenvalue weighted by Gasteiger charge is 1.94. The molecule has 0 heterocycles. The van der Waals surface area contributed by atoms with E-state index in [1.54, 1.807) is 0 Å². The topological polar surface area (TPSA) is 17.1 Å². The van der Waals surface area contributed by atoms with Crippen molar-refractivity contribution in [2.75, 3.05) is 0 Å². The SMILES string of the molecule is CC=CCCCCC(C)=C(C)C=O. The van der Waals surface area contributed by atoms with Gasteiger partial charge in [0.15, 0.2) is 0 Å². The number of unbranched alkanes of at least 4 members (excludes halogenated alkanes) is 2. The molecule has 0 N–H and O–H groups in total. The average Bonchev–Trinajstić information content (AvgIpc) is 2.16. The molecule has 74 valence electrons. The van der Waals surface area contributed by atoms with Crippen LogP contribution in [0.2, 0.25) is 0 Å². The lowest BCUT2D eigenvalue weighted by atomic mass is 10.0. The fourth-order valence-electron chi connectivity index (χ4n) is 1.12. The Kier molecular flexibility index (Phi) is 7.27. The van der Waals surface area contributed by atoms with Crippen molar-refractivity contribution in [3.63, 3.8) is 0 Å². The molecular formula is C12H20O. The maximum Gasteiger partial charge on any atom is 0.145 e. The van der Waals surface area contributed by atoms with Crippen LogP contribution in [0, 0.1) is 0 Å². The van der Waals surface area contributed by atoms with Gasteiger partial charge in [-0.15, -0.1) is 0 Å². The van der Waals surface area contributed by atoms with Crippen LogP contribution in [-0.4, -0.2) is 6.29 Å². The van der Waals surface area contributed by atoms with Crippen molar-refractivity contribution < 1.29 is 4.79 Å². The molecule has 0 unspecified atom stereocenters. The zero-order valence-electron chi connectivity index (χ0n) is 8.97. The first-order valence-electron chi connectivity index (χ1n) is 4.95. The Balaban J connectivity index is 3.59.